The zero-order chi connectivity index (χ0) is 18.1. The number of amides is 1. The molecule has 4 rings (SSSR count). The molecule has 3 aromatic rings. The van der Waals surface area contributed by atoms with Crippen molar-refractivity contribution in [3.8, 4) is 0 Å². The summed E-state index contributed by atoms with van der Waals surface area (Å²) in [5, 5.41) is 0.723. The molecule has 8 heteroatoms. The van der Waals surface area contributed by atoms with E-state index in [1.165, 1.54) is 22.7 Å². The number of rotatable bonds is 5. The lowest BCUT2D eigenvalue weighted by Crippen LogP contribution is -2.38. The fourth-order valence-electron chi connectivity index (χ4n) is 2.97. The largest absolute Gasteiger partial charge is 0.376 e. The summed E-state index contributed by atoms with van der Waals surface area (Å²) in [5.74, 6) is 0.0251. The number of thiazole rings is 1. The number of halogens is 2. The van der Waals surface area contributed by atoms with E-state index in [2.05, 4.69) is 20.9 Å². The molecule has 1 fully saturated rings. The molecule has 1 amide bonds. The molecule has 2 aromatic heterocycles. The second-order valence-electron chi connectivity index (χ2n) is 6.13. The lowest BCUT2D eigenvalue weighted by Gasteiger charge is -2.22. The third kappa shape index (κ3) is 4.12. The van der Waals surface area contributed by atoms with Crippen LogP contribution in [0.2, 0.25) is 4.34 Å². The molecule has 1 unspecified atom stereocenters. The summed E-state index contributed by atoms with van der Waals surface area (Å²) in [6.07, 6.45) is 2.42. The molecule has 1 atom stereocenters. The first-order valence-electron chi connectivity index (χ1n) is 8.31. The molecule has 26 heavy (non-hydrogen) atoms. The van der Waals surface area contributed by atoms with E-state index in [0.29, 0.717) is 17.3 Å². The van der Waals surface area contributed by atoms with E-state index in [0.717, 1.165) is 44.1 Å². The molecule has 4 nitrogen and oxygen atoms in total. The normalized spacial score (nSPS) is 17.1. The lowest BCUT2D eigenvalue weighted by atomic mass is 10.2. The molecule has 1 aliphatic heterocycles. The minimum atomic E-state index is 0.0251. The van der Waals surface area contributed by atoms with Gasteiger partial charge in [-0.3, -0.25) is 9.69 Å². The van der Waals surface area contributed by atoms with Gasteiger partial charge in [-0.25, -0.2) is 4.98 Å². The number of carbonyl (C=O) groups is 1. The van der Waals surface area contributed by atoms with Crippen LogP contribution in [0.5, 0.6) is 0 Å². The predicted octanol–water partition coefficient (Wildman–Crippen LogP) is 5.53. The van der Waals surface area contributed by atoms with Gasteiger partial charge >= 0.3 is 0 Å². The zero-order valence-corrected chi connectivity index (χ0v) is 17.8. The molecule has 1 saturated heterocycles. The third-order valence-corrected chi connectivity index (χ3v) is 7.00. The van der Waals surface area contributed by atoms with Crippen LogP contribution in [0, 0.1) is 0 Å². The van der Waals surface area contributed by atoms with Crippen LogP contribution in [-0.4, -0.2) is 30.1 Å². The monoisotopic (exact) mass is 470 g/mol. The molecule has 0 aliphatic carbocycles. The van der Waals surface area contributed by atoms with E-state index >= 15 is 0 Å². The van der Waals surface area contributed by atoms with Gasteiger partial charge in [0.1, 0.15) is 0 Å². The first-order valence-corrected chi connectivity index (χ1v) is 11.1. The maximum Gasteiger partial charge on any atom is 0.234 e. The van der Waals surface area contributed by atoms with E-state index in [1.54, 1.807) is 4.90 Å². The van der Waals surface area contributed by atoms with E-state index in [9.17, 15) is 4.79 Å². The average molecular weight is 472 g/mol. The van der Waals surface area contributed by atoms with Gasteiger partial charge in [-0.15, -0.1) is 11.3 Å². The van der Waals surface area contributed by atoms with Crippen molar-refractivity contribution in [2.24, 2.45) is 0 Å². The first-order chi connectivity index (χ1) is 12.6. The van der Waals surface area contributed by atoms with Crippen molar-refractivity contribution in [3.63, 3.8) is 0 Å². The fourth-order valence-corrected chi connectivity index (χ4v) is 5.59. The summed E-state index contributed by atoms with van der Waals surface area (Å²) in [7, 11) is 0. The SMILES string of the molecule is O=C(Cc1ccc(Cl)s1)N(CC1CCCO1)c1nc2ccc(Br)cc2s1. The number of fused-ring (bicyclic) bond motifs is 1. The van der Waals surface area contributed by atoms with Crippen molar-refractivity contribution < 1.29 is 9.53 Å². The molecule has 1 aliphatic rings. The van der Waals surface area contributed by atoms with Crippen LogP contribution in [0.25, 0.3) is 10.2 Å². The van der Waals surface area contributed by atoms with Gasteiger partial charge in [0, 0.05) is 16.0 Å². The summed E-state index contributed by atoms with van der Waals surface area (Å²) >= 11 is 12.5. The Morgan fingerprint density at radius 2 is 2.23 bits per heavy atom. The minimum Gasteiger partial charge on any atom is -0.376 e. The first kappa shape index (κ1) is 18.4. The van der Waals surface area contributed by atoms with Crippen molar-refractivity contribution in [2.45, 2.75) is 25.4 Å². The smallest absolute Gasteiger partial charge is 0.234 e. The number of benzene rings is 1. The highest BCUT2D eigenvalue weighted by atomic mass is 79.9. The van der Waals surface area contributed by atoms with E-state index < -0.39 is 0 Å². The van der Waals surface area contributed by atoms with Crippen molar-refractivity contribution in [2.75, 3.05) is 18.1 Å². The van der Waals surface area contributed by atoms with Crippen molar-refractivity contribution in [3.05, 3.63) is 44.0 Å². The number of aromatic nitrogens is 1. The lowest BCUT2D eigenvalue weighted by molar-refractivity contribution is -0.118. The Bertz CT molecular complexity index is 936. The fraction of sp³-hybridized carbons (Fsp3) is 0.333. The number of thiophene rings is 1. The van der Waals surface area contributed by atoms with Crippen molar-refractivity contribution >= 4 is 71.5 Å². The molecule has 136 valence electrons. The summed E-state index contributed by atoms with van der Waals surface area (Å²) in [6.45, 7) is 1.30. The van der Waals surface area contributed by atoms with Gasteiger partial charge in [-0.1, -0.05) is 38.9 Å². The Morgan fingerprint density at radius 3 is 2.96 bits per heavy atom. The average Bonchev–Trinajstić information content (AvgIpc) is 3.33. The second-order valence-corrected chi connectivity index (χ2v) is 9.85. The van der Waals surface area contributed by atoms with Crippen LogP contribution in [0.1, 0.15) is 17.7 Å². The standard InChI is InChI=1S/C18H16BrClN2O2S2/c19-11-3-5-14-15(8-11)26-18(21-14)22(10-12-2-1-7-24-12)17(23)9-13-4-6-16(20)25-13/h3-6,8,12H,1-2,7,9-10H2. The summed E-state index contributed by atoms with van der Waals surface area (Å²) in [4.78, 5) is 20.5. The van der Waals surface area contributed by atoms with Gasteiger partial charge < -0.3 is 4.74 Å². The van der Waals surface area contributed by atoms with Crippen LogP contribution in [0.4, 0.5) is 5.13 Å². The van der Waals surface area contributed by atoms with Crippen LogP contribution in [-0.2, 0) is 16.0 Å². The van der Waals surface area contributed by atoms with Crippen LogP contribution in [0.15, 0.2) is 34.8 Å². The van der Waals surface area contributed by atoms with Crippen LogP contribution < -0.4 is 4.90 Å². The minimum absolute atomic E-state index is 0.0251. The molecule has 0 saturated carbocycles. The van der Waals surface area contributed by atoms with Crippen molar-refractivity contribution in [1.29, 1.82) is 0 Å². The molecule has 0 N–H and O–H groups in total. The highest BCUT2D eigenvalue weighted by Gasteiger charge is 2.26. The highest BCUT2D eigenvalue weighted by Crippen LogP contribution is 2.32. The zero-order valence-electron chi connectivity index (χ0n) is 13.8. The van der Waals surface area contributed by atoms with Gasteiger partial charge in [-0.2, -0.15) is 0 Å². The van der Waals surface area contributed by atoms with Gasteiger partial charge in [0.2, 0.25) is 5.91 Å². The van der Waals surface area contributed by atoms with Gasteiger partial charge in [0.15, 0.2) is 5.13 Å². The number of carbonyl (C=O) groups excluding carboxylic acids is 1. The second kappa shape index (κ2) is 7.94. The van der Waals surface area contributed by atoms with E-state index in [-0.39, 0.29) is 12.0 Å². The topological polar surface area (TPSA) is 42.4 Å². The van der Waals surface area contributed by atoms with Crippen LogP contribution in [0.3, 0.4) is 0 Å². The van der Waals surface area contributed by atoms with E-state index in [1.807, 2.05) is 30.3 Å². The molecule has 3 heterocycles. The quantitative estimate of drug-likeness (QED) is 0.491. The summed E-state index contributed by atoms with van der Waals surface area (Å²) in [6, 6.07) is 9.70. The number of ether oxygens (including phenoxy) is 1. The highest BCUT2D eigenvalue weighted by molar-refractivity contribution is 9.10. The molecular weight excluding hydrogens is 456 g/mol. The Kier molecular flexibility index (Phi) is 5.61. The Balaban J connectivity index is 1.62. The summed E-state index contributed by atoms with van der Waals surface area (Å²) < 4.78 is 8.52. The van der Waals surface area contributed by atoms with Crippen molar-refractivity contribution in [1.82, 2.24) is 4.98 Å². The Labute approximate surface area is 172 Å². The van der Waals surface area contributed by atoms with Crippen LogP contribution >= 0.6 is 50.2 Å². The predicted molar refractivity (Wildman–Crippen MR) is 112 cm³/mol. The summed E-state index contributed by atoms with van der Waals surface area (Å²) in [5.41, 5.74) is 0.900. The van der Waals surface area contributed by atoms with E-state index in [4.69, 9.17) is 16.3 Å². The number of anilines is 1. The molecule has 0 bridgehead atoms. The number of nitrogens with zero attached hydrogens (tertiary/aromatic N) is 2. The number of hydrogen-bond donors (Lipinski definition) is 0. The molecule has 0 radical (unpaired) electrons. The Hall–Kier alpha value is -0.990. The van der Waals surface area contributed by atoms with Gasteiger partial charge in [-0.05, 0) is 43.2 Å². The molecular formula is C18H16BrClN2O2S2. The maximum atomic E-state index is 13.0. The molecule has 0 spiro atoms. The molecule has 1 aromatic carbocycles. The Morgan fingerprint density at radius 1 is 1.35 bits per heavy atom. The number of hydrogen-bond acceptors (Lipinski definition) is 5. The van der Waals surface area contributed by atoms with Gasteiger partial charge in [0.25, 0.3) is 0 Å². The van der Waals surface area contributed by atoms with Gasteiger partial charge in [0.05, 0.1) is 33.6 Å². The maximum absolute atomic E-state index is 13.0. The third-order valence-electron chi connectivity index (χ3n) is 4.24.